The third-order valence-corrected chi connectivity index (χ3v) is 3.82. The number of carbonyl (C=O) groups excluding carboxylic acids is 1. The number of H-pyrrole nitrogens is 1. The first-order chi connectivity index (χ1) is 11.1. The van der Waals surface area contributed by atoms with Gasteiger partial charge in [0.25, 0.3) is 5.91 Å². The summed E-state index contributed by atoms with van der Waals surface area (Å²) in [5.41, 5.74) is 8.14. The average molecular weight is 310 g/mol. The number of nitrogens with two attached hydrogens (primary N) is 1. The summed E-state index contributed by atoms with van der Waals surface area (Å²) in [7, 11) is 1.62. The van der Waals surface area contributed by atoms with E-state index in [0.717, 1.165) is 22.2 Å². The van der Waals surface area contributed by atoms with Gasteiger partial charge in [-0.15, -0.1) is 0 Å². The van der Waals surface area contributed by atoms with E-state index in [1.807, 2.05) is 31.2 Å². The third kappa shape index (κ3) is 2.96. The minimum Gasteiger partial charge on any atom is -0.497 e. The Kier molecular flexibility index (Phi) is 3.89. The van der Waals surface area contributed by atoms with Crippen LogP contribution in [0.1, 0.15) is 28.9 Å². The van der Waals surface area contributed by atoms with Gasteiger partial charge in [0.2, 0.25) is 0 Å². The van der Waals surface area contributed by atoms with Crippen molar-refractivity contribution in [1.29, 1.82) is 0 Å². The molecule has 0 spiro atoms. The number of nitrogens with zero attached hydrogens (tertiary/aromatic N) is 1. The second-order valence-electron chi connectivity index (χ2n) is 5.34. The van der Waals surface area contributed by atoms with Crippen LogP contribution < -0.4 is 15.8 Å². The van der Waals surface area contributed by atoms with Crippen LogP contribution in [-0.2, 0) is 0 Å². The van der Waals surface area contributed by atoms with E-state index in [0.29, 0.717) is 11.4 Å². The summed E-state index contributed by atoms with van der Waals surface area (Å²) in [4.78, 5) is 12.4. The lowest BCUT2D eigenvalue weighted by Crippen LogP contribution is -2.26. The van der Waals surface area contributed by atoms with Crippen LogP contribution in [0.3, 0.4) is 0 Å². The topological polar surface area (TPSA) is 93.0 Å². The number of rotatable bonds is 4. The standard InChI is InChI=1S/C17H18N4O2/c1-10(11-3-6-13(23-2)7-4-11)19-17(22)12-5-8-15-14(9-12)16(18)21-20-15/h3-10H,1-2H3,(H,19,22)(H3,18,20,21)/t10-/m0/s1. The summed E-state index contributed by atoms with van der Waals surface area (Å²) >= 11 is 0. The highest BCUT2D eigenvalue weighted by Crippen LogP contribution is 2.21. The minimum atomic E-state index is -0.157. The summed E-state index contributed by atoms with van der Waals surface area (Å²) in [5, 5.41) is 10.5. The molecule has 118 valence electrons. The fraction of sp³-hybridized carbons (Fsp3) is 0.176. The molecule has 0 radical (unpaired) electrons. The molecule has 23 heavy (non-hydrogen) atoms. The zero-order valence-electron chi connectivity index (χ0n) is 13.0. The minimum absolute atomic E-state index is 0.120. The molecule has 3 rings (SSSR count). The normalized spacial score (nSPS) is 12.1. The average Bonchev–Trinajstić information content (AvgIpc) is 2.95. The number of benzene rings is 2. The van der Waals surface area contributed by atoms with Gasteiger partial charge >= 0.3 is 0 Å². The number of aromatic amines is 1. The molecule has 2 aromatic carbocycles. The molecule has 1 amide bonds. The largest absolute Gasteiger partial charge is 0.497 e. The van der Waals surface area contributed by atoms with Gasteiger partial charge in [-0.05, 0) is 42.8 Å². The first-order valence-corrected chi connectivity index (χ1v) is 7.27. The lowest BCUT2D eigenvalue weighted by atomic mass is 10.1. The summed E-state index contributed by atoms with van der Waals surface area (Å²) in [5.74, 6) is 1.02. The molecular formula is C17H18N4O2. The number of nitrogens with one attached hydrogen (secondary N) is 2. The number of hydrogen-bond acceptors (Lipinski definition) is 4. The second kappa shape index (κ2) is 6.00. The van der Waals surface area contributed by atoms with Crippen LogP contribution in [0.25, 0.3) is 10.9 Å². The van der Waals surface area contributed by atoms with Gasteiger partial charge in [-0.3, -0.25) is 9.89 Å². The maximum absolute atomic E-state index is 12.4. The molecule has 0 fully saturated rings. The first kappa shape index (κ1) is 14.9. The van der Waals surface area contributed by atoms with E-state index in [9.17, 15) is 4.79 Å². The Morgan fingerprint density at radius 3 is 2.70 bits per heavy atom. The molecule has 0 unspecified atom stereocenters. The van der Waals surface area contributed by atoms with Crippen molar-refractivity contribution < 1.29 is 9.53 Å². The zero-order valence-corrected chi connectivity index (χ0v) is 13.0. The molecule has 6 nitrogen and oxygen atoms in total. The van der Waals surface area contributed by atoms with E-state index >= 15 is 0 Å². The Bertz CT molecular complexity index is 839. The molecule has 1 aromatic heterocycles. The number of fused-ring (bicyclic) bond motifs is 1. The number of amides is 1. The van der Waals surface area contributed by atoms with Gasteiger partial charge in [-0.25, -0.2) is 0 Å². The molecule has 0 saturated carbocycles. The smallest absolute Gasteiger partial charge is 0.251 e. The monoisotopic (exact) mass is 310 g/mol. The van der Waals surface area contributed by atoms with E-state index in [1.165, 1.54) is 0 Å². The Labute approximate surface area is 133 Å². The Hall–Kier alpha value is -3.02. The molecule has 1 atom stereocenters. The number of anilines is 1. The van der Waals surface area contributed by atoms with E-state index in [1.54, 1.807) is 25.3 Å². The Morgan fingerprint density at radius 2 is 2.00 bits per heavy atom. The highest BCUT2D eigenvalue weighted by Gasteiger charge is 2.13. The van der Waals surface area contributed by atoms with Crippen LogP contribution in [0.4, 0.5) is 5.82 Å². The van der Waals surface area contributed by atoms with Crippen molar-refractivity contribution in [2.24, 2.45) is 0 Å². The van der Waals surface area contributed by atoms with Crippen molar-refractivity contribution in [2.75, 3.05) is 12.8 Å². The van der Waals surface area contributed by atoms with Crippen LogP contribution in [0.15, 0.2) is 42.5 Å². The van der Waals surface area contributed by atoms with Crippen LogP contribution in [-0.4, -0.2) is 23.2 Å². The molecule has 1 heterocycles. The van der Waals surface area contributed by atoms with Crippen molar-refractivity contribution in [3.63, 3.8) is 0 Å². The van der Waals surface area contributed by atoms with Crippen molar-refractivity contribution in [2.45, 2.75) is 13.0 Å². The number of methoxy groups -OCH3 is 1. The van der Waals surface area contributed by atoms with E-state index in [4.69, 9.17) is 10.5 Å². The molecule has 0 saturated heterocycles. The quantitative estimate of drug-likeness (QED) is 0.690. The van der Waals surface area contributed by atoms with Gasteiger partial charge in [0.15, 0.2) is 5.82 Å². The van der Waals surface area contributed by atoms with Gasteiger partial charge in [0, 0.05) is 10.9 Å². The predicted molar refractivity (Wildman–Crippen MR) is 89.4 cm³/mol. The predicted octanol–water partition coefficient (Wildman–Crippen LogP) is 2.64. The summed E-state index contributed by atoms with van der Waals surface area (Å²) in [6.07, 6.45) is 0. The molecule has 0 aliphatic carbocycles. The van der Waals surface area contributed by atoms with Crippen molar-refractivity contribution in [3.05, 3.63) is 53.6 Å². The Morgan fingerprint density at radius 1 is 1.26 bits per heavy atom. The van der Waals surface area contributed by atoms with E-state index in [-0.39, 0.29) is 11.9 Å². The SMILES string of the molecule is COc1ccc([C@H](C)NC(=O)c2ccc3[nH]nc(N)c3c2)cc1. The molecule has 0 bridgehead atoms. The number of carbonyl (C=O) groups is 1. The highest BCUT2D eigenvalue weighted by atomic mass is 16.5. The second-order valence-corrected chi connectivity index (χ2v) is 5.34. The van der Waals surface area contributed by atoms with Crippen molar-refractivity contribution in [1.82, 2.24) is 15.5 Å². The van der Waals surface area contributed by atoms with Crippen LogP contribution in [0.2, 0.25) is 0 Å². The number of aromatic nitrogens is 2. The summed E-state index contributed by atoms with van der Waals surface area (Å²) in [6, 6.07) is 12.8. The molecule has 4 N–H and O–H groups in total. The number of hydrogen-bond donors (Lipinski definition) is 3. The number of nitrogen functional groups attached to an aromatic ring is 1. The fourth-order valence-electron chi connectivity index (χ4n) is 2.43. The van der Waals surface area contributed by atoms with Gasteiger partial charge in [-0.2, -0.15) is 5.10 Å². The molecule has 0 aliphatic rings. The van der Waals surface area contributed by atoms with Gasteiger partial charge in [-0.1, -0.05) is 12.1 Å². The van der Waals surface area contributed by atoms with Crippen LogP contribution >= 0.6 is 0 Å². The molecule has 3 aromatic rings. The van der Waals surface area contributed by atoms with Crippen LogP contribution in [0, 0.1) is 0 Å². The maximum atomic E-state index is 12.4. The maximum Gasteiger partial charge on any atom is 0.251 e. The lowest BCUT2D eigenvalue weighted by molar-refractivity contribution is 0.0940. The van der Waals surface area contributed by atoms with Gasteiger partial charge in [0.05, 0.1) is 18.7 Å². The van der Waals surface area contributed by atoms with Gasteiger partial charge < -0.3 is 15.8 Å². The van der Waals surface area contributed by atoms with Crippen molar-refractivity contribution in [3.8, 4) is 5.75 Å². The lowest BCUT2D eigenvalue weighted by Gasteiger charge is -2.15. The van der Waals surface area contributed by atoms with Crippen molar-refractivity contribution >= 4 is 22.6 Å². The van der Waals surface area contributed by atoms with E-state index in [2.05, 4.69) is 15.5 Å². The number of ether oxygens (including phenoxy) is 1. The highest BCUT2D eigenvalue weighted by molar-refractivity contribution is 6.00. The van der Waals surface area contributed by atoms with Gasteiger partial charge in [0.1, 0.15) is 5.75 Å². The summed E-state index contributed by atoms with van der Waals surface area (Å²) in [6.45, 7) is 1.93. The van der Waals surface area contributed by atoms with Crippen LogP contribution in [0.5, 0.6) is 5.75 Å². The zero-order chi connectivity index (χ0) is 16.4. The Balaban J connectivity index is 1.77. The molecule has 6 heteroatoms. The summed E-state index contributed by atoms with van der Waals surface area (Å²) < 4.78 is 5.14. The molecule has 0 aliphatic heterocycles. The first-order valence-electron chi connectivity index (χ1n) is 7.27. The third-order valence-electron chi connectivity index (χ3n) is 3.82. The van der Waals surface area contributed by atoms with E-state index < -0.39 is 0 Å². The molecular weight excluding hydrogens is 292 g/mol. The fourth-order valence-corrected chi connectivity index (χ4v) is 2.43.